The lowest BCUT2D eigenvalue weighted by Gasteiger charge is -2.22. The van der Waals surface area contributed by atoms with Gasteiger partial charge in [0.2, 0.25) is 5.78 Å². The second kappa shape index (κ2) is 7.46. The van der Waals surface area contributed by atoms with Crippen LogP contribution in [0.3, 0.4) is 0 Å². The fourth-order valence-electron chi connectivity index (χ4n) is 2.45. The highest BCUT2D eigenvalue weighted by molar-refractivity contribution is 6.24. The third-order valence-electron chi connectivity index (χ3n) is 3.68. The first-order valence-corrected chi connectivity index (χ1v) is 7.55. The number of unbranched alkanes of at least 4 members (excludes halogenated alkanes) is 3. The Hall–Kier alpha value is -1.32. The second-order valence-corrected chi connectivity index (χ2v) is 5.51. The van der Waals surface area contributed by atoms with Crippen LogP contribution in [0.5, 0.6) is 0 Å². The van der Waals surface area contributed by atoms with E-state index in [4.69, 9.17) is 9.47 Å². The van der Waals surface area contributed by atoms with E-state index >= 15 is 0 Å². The van der Waals surface area contributed by atoms with Crippen LogP contribution < -0.4 is 0 Å². The largest absolute Gasteiger partial charge is 0.468 e. The molecule has 1 heterocycles. The number of carbonyl (C=O) groups excluding carboxylic acids is 2. The molecule has 4 heteroatoms. The van der Waals surface area contributed by atoms with Crippen molar-refractivity contribution in [3.63, 3.8) is 0 Å². The molecule has 1 atom stereocenters. The van der Waals surface area contributed by atoms with Crippen LogP contribution in [0.4, 0.5) is 0 Å². The topological polar surface area (TPSA) is 52.6 Å². The van der Waals surface area contributed by atoms with E-state index in [-0.39, 0.29) is 23.1 Å². The monoisotopic (exact) mass is 282 g/mol. The lowest BCUT2D eigenvalue weighted by molar-refractivity contribution is -0.133. The maximum Gasteiger partial charge on any atom is 0.295 e. The number of ether oxygens (including phenoxy) is 2. The molecule has 1 aliphatic heterocycles. The van der Waals surface area contributed by atoms with Crippen molar-refractivity contribution in [3.05, 3.63) is 11.5 Å². The van der Waals surface area contributed by atoms with Crippen molar-refractivity contribution in [1.29, 1.82) is 0 Å². The molecule has 1 aliphatic rings. The third-order valence-corrected chi connectivity index (χ3v) is 3.68. The number of carbonyl (C=O) groups is 2. The summed E-state index contributed by atoms with van der Waals surface area (Å²) in [7, 11) is 1.44. The predicted molar refractivity (Wildman–Crippen MR) is 77.2 cm³/mol. The third kappa shape index (κ3) is 3.62. The van der Waals surface area contributed by atoms with Crippen LogP contribution in [0.1, 0.15) is 65.7 Å². The highest BCUT2D eigenvalue weighted by atomic mass is 16.7. The first kappa shape index (κ1) is 16.7. The molecule has 0 aromatic rings. The smallest absolute Gasteiger partial charge is 0.295 e. The summed E-state index contributed by atoms with van der Waals surface area (Å²) in [5.41, 5.74) is -0.815. The van der Waals surface area contributed by atoms with E-state index in [0.717, 1.165) is 25.7 Å². The quantitative estimate of drug-likeness (QED) is 0.479. The number of hydrogen-bond donors (Lipinski definition) is 0. The van der Waals surface area contributed by atoms with E-state index in [1.165, 1.54) is 7.11 Å². The average molecular weight is 282 g/mol. The van der Waals surface area contributed by atoms with Gasteiger partial charge in [-0.2, -0.15) is 0 Å². The molecular weight excluding hydrogens is 256 g/mol. The molecule has 0 saturated heterocycles. The van der Waals surface area contributed by atoms with E-state index in [9.17, 15) is 9.59 Å². The zero-order valence-corrected chi connectivity index (χ0v) is 13.1. The van der Waals surface area contributed by atoms with Gasteiger partial charge in [-0.1, -0.05) is 33.1 Å². The number of methoxy groups -OCH3 is 1. The summed E-state index contributed by atoms with van der Waals surface area (Å²) >= 11 is 0. The summed E-state index contributed by atoms with van der Waals surface area (Å²) in [6, 6.07) is 0. The molecule has 0 fully saturated rings. The van der Waals surface area contributed by atoms with E-state index < -0.39 is 5.60 Å². The number of hydrogen-bond acceptors (Lipinski definition) is 4. The van der Waals surface area contributed by atoms with Crippen LogP contribution in [-0.4, -0.2) is 24.3 Å². The zero-order valence-electron chi connectivity index (χ0n) is 13.1. The molecule has 114 valence electrons. The van der Waals surface area contributed by atoms with E-state index in [0.29, 0.717) is 19.3 Å². The van der Waals surface area contributed by atoms with Crippen molar-refractivity contribution < 1.29 is 19.1 Å². The summed E-state index contributed by atoms with van der Waals surface area (Å²) in [6.45, 7) is 5.81. The molecular formula is C16H26O4. The number of Topliss-reactive ketones (excluding diaryl/α,β-unsaturated/α-hetero) is 2. The molecule has 1 rings (SSSR count). The van der Waals surface area contributed by atoms with Gasteiger partial charge >= 0.3 is 0 Å². The molecule has 0 aliphatic carbocycles. The van der Waals surface area contributed by atoms with Gasteiger partial charge in [0.25, 0.3) is 5.95 Å². The van der Waals surface area contributed by atoms with Crippen LogP contribution in [0.25, 0.3) is 0 Å². The van der Waals surface area contributed by atoms with Gasteiger partial charge in [-0.25, -0.2) is 0 Å². The summed E-state index contributed by atoms with van der Waals surface area (Å²) in [6.07, 6.45) is 5.97. The molecule has 1 unspecified atom stereocenters. The van der Waals surface area contributed by atoms with Gasteiger partial charge in [0.15, 0.2) is 11.4 Å². The van der Waals surface area contributed by atoms with Gasteiger partial charge in [-0.3, -0.25) is 9.59 Å². The average Bonchev–Trinajstić information content (AvgIpc) is 2.68. The lowest BCUT2D eigenvalue weighted by atomic mass is 9.89. The first-order valence-electron chi connectivity index (χ1n) is 7.55. The van der Waals surface area contributed by atoms with Crippen LogP contribution in [0.2, 0.25) is 0 Å². The lowest BCUT2D eigenvalue weighted by Crippen LogP contribution is -2.35. The normalized spacial score (nSPS) is 22.1. The highest BCUT2D eigenvalue weighted by Crippen LogP contribution is 2.35. The fraction of sp³-hybridized carbons (Fsp3) is 0.750. The van der Waals surface area contributed by atoms with E-state index in [2.05, 4.69) is 6.92 Å². The Bertz CT molecular complexity index is 397. The number of rotatable bonds is 9. The molecule has 0 aromatic carbocycles. The minimum Gasteiger partial charge on any atom is -0.468 e. The predicted octanol–water partition coefficient (Wildman–Crippen LogP) is 3.54. The Morgan fingerprint density at radius 2 is 1.90 bits per heavy atom. The second-order valence-electron chi connectivity index (χ2n) is 5.51. The molecule has 0 N–H and O–H groups in total. The molecule has 0 amide bonds. The molecule has 0 saturated carbocycles. The fourth-order valence-corrected chi connectivity index (χ4v) is 2.45. The van der Waals surface area contributed by atoms with Crippen molar-refractivity contribution in [1.82, 2.24) is 0 Å². The summed E-state index contributed by atoms with van der Waals surface area (Å²) in [5.74, 6) is -0.289. The van der Waals surface area contributed by atoms with Crippen LogP contribution in [0, 0.1) is 0 Å². The van der Waals surface area contributed by atoms with Crippen molar-refractivity contribution in [2.45, 2.75) is 71.3 Å². The summed E-state index contributed by atoms with van der Waals surface area (Å²) in [5, 5.41) is 0. The minimum atomic E-state index is -0.933. The zero-order chi connectivity index (χ0) is 15.2. The molecule has 0 aromatic heterocycles. The summed E-state index contributed by atoms with van der Waals surface area (Å²) < 4.78 is 10.8. The van der Waals surface area contributed by atoms with E-state index in [1.807, 2.05) is 6.92 Å². The van der Waals surface area contributed by atoms with Crippen LogP contribution >= 0.6 is 0 Å². The Morgan fingerprint density at radius 3 is 2.45 bits per heavy atom. The van der Waals surface area contributed by atoms with Gasteiger partial charge in [0.05, 0.1) is 7.11 Å². The van der Waals surface area contributed by atoms with Crippen molar-refractivity contribution in [2.75, 3.05) is 7.11 Å². The highest BCUT2D eigenvalue weighted by Gasteiger charge is 2.48. The Labute approximate surface area is 121 Å². The number of ketones is 2. The summed E-state index contributed by atoms with van der Waals surface area (Å²) in [4.78, 5) is 24.5. The Morgan fingerprint density at radius 1 is 1.20 bits per heavy atom. The minimum absolute atomic E-state index is 0.103. The van der Waals surface area contributed by atoms with Crippen molar-refractivity contribution >= 4 is 11.6 Å². The van der Waals surface area contributed by atoms with Crippen molar-refractivity contribution in [2.24, 2.45) is 0 Å². The van der Waals surface area contributed by atoms with Gasteiger partial charge in [-0.05, 0) is 26.2 Å². The molecule has 0 bridgehead atoms. The maximum atomic E-state index is 12.5. The molecule has 20 heavy (non-hydrogen) atoms. The standard InChI is InChI=1S/C16H26O4/c1-5-7-8-9-11-16(3)14(18)13(12(17)10-6-2)15(19-4)20-16/h5-11H2,1-4H3. The maximum absolute atomic E-state index is 12.5. The van der Waals surface area contributed by atoms with Crippen LogP contribution in [-0.2, 0) is 19.1 Å². The van der Waals surface area contributed by atoms with Gasteiger partial charge in [-0.15, -0.1) is 0 Å². The molecule has 0 radical (unpaired) electrons. The molecule has 4 nitrogen and oxygen atoms in total. The van der Waals surface area contributed by atoms with Crippen molar-refractivity contribution in [3.8, 4) is 0 Å². The van der Waals surface area contributed by atoms with E-state index in [1.54, 1.807) is 6.92 Å². The SMILES string of the molecule is CCCCCCC1(C)OC(OC)=C(C(=O)CCC)C1=O. The van der Waals surface area contributed by atoms with Gasteiger partial charge in [0, 0.05) is 6.42 Å². The first-order chi connectivity index (χ1) is 9.50. The van der Waals surface area contributed by atoms with Gasteiger partial charge < -0.3 is 9.47 Å². The molecule has 0 spiro atoms. The Kier molecular flexibility index (Phi) is 6.24. The van der Waals surface area contributed by atoms with Crippen LogP contribution in [0.15, 0.2) is 11.5 Å². The Balaban J connectivity index is 2.77. The van der Waals surface area contributed by atoms with Gasteiger partial charge in [0.1, 0.15) is 5.57 Å².